The highest BCUT2D eigenvalue weighted by Crippen LogP contribution is 2.67. The van der Waals surface area contributed by atoms with Gasteiger partial charge in [0, 0.05) is 6.42 Å². The summed E-state index contributed by atoms with van der Waals surface area (Å²) < 4.78 is 17.9. The van der Waals surface area contributed by atoms with Crippen LogP contribution in [-0.2, 0) is 19.0 Å². The molecule has 0 aromatic rings. The van der Waals surface area contributed by atoms with E-state index in [9.17, 15) is 20.1 Å². The molecule has 0 radical (unpaired) electrons. The van der Waals surface area contributed by atoms with Gasteiger partial charge in [-0.05, 0) is 123 Å². The highest BCUT2D eigenvalue weighted by molar-refractivity contribution is 5.69. The third-order valence-electron chi connectivity index (χ3n) is 15.0. The molecule has 0 bridgehead atoms. The maximum atomic E-state index is 12.5. The molecular weight excluding hydrogens is 664 g/mol. The second-order valence-electron chi connectivity index (χ2n) is 19.1. The van der Waals surface area contributed by atoms with Crippen LogP contribution in [0.3, 0.4) is 0 Å². The molecule has 1 aliphatic heterocycles. The van der Waals surface area contributed by atoms with Gasteiger partial charge in [-0.2, -0.15) is 0 Å². The van der Waals surface area contributed by atoms with Crippen LogP contribution in [-0.4, -0.2) is 64.7 Å². The number of ether oxygens (including phenoxy) is 3. The topological polar surface area (TPSA) is 105 Å². The molecule has 0 aromatic heterocycles. The van der Waals surface area contributed by atoms with Crippen molar-refractivity contribution in [2.24, 2.45) is 46.3 Å². The minimum Gasteiger partial charge on any atom is -0.463 e. The Bertz CT molecular complexity index is 1200. The number of aliphatic hydroxyl groups excluding tert-OH is 3. The molecule has 304 valence electrons. The Kier molecular flexibility index (Phi) is 16.0. The molecule has 3 N–H and O–H groups in total. The van der Waals surface area contributed by atoms with Crippen molar-refractivity contribution in [1.82, 2.24) is 0 Å². The van der Waals surface area contributed by atoms with E-state index in [1.54, 1.807) is 0 Å². The molecule has 0 spiro atoms. The normalized spacial score (nSPS) is 39.0. The first-order valence-electron chi connectivity index (χ1n) is 22.2. The molecule has 0 amide bonds. The van der Waals surface area contributed by atoms with Crippen LogP contribution in [0.15, 0.2) is 23.8 Å². The lowest BCUT2D eigenvalue weighted by Gasteiger charge is -2.58. The molecule has 7 heteroatoms. The summed E-state index contributed by atoms with van der Waals surface area (Å²) in [6.07, 6.45) is 23.1. The van der Waals surface area contributed by atoms with E-state index in [0.717, 1.165) is 93.8 Å². The van der Waals surface area contributed by atoms with E-state index in [-0.39, 0.29) is 24.1 Å². The second kappa shape index (κ2) is 19.7. The molecule has 4 fully saturated rings. The minimum absolute atomic E-state index is 0.139. The van der Waals surface area contributed by atoms with E-state index in [0.29, 0.717) is 17.8 Å². The summed E-state index contributed by atoms with van der Waals surface area (Å²) in [6.45, 7) is 14.4. The first-order chi connectivity index (χ1) is 25.4. The van der Waals surface area contributed by atoms with Gasteiger partial charge in [-0.3, -0.25) is 4.79 Å². The van der Waals surface area contributed by atoms with E-state index in [1.807, 2.05) is 0 Å². The van der Waals surface area contributed by atoms with Crippen LogP contribution < -0.4 is 0 Å². The van der Waals surface area contributed by atoms with Gasteiger partial charge < -0.3 is 29.5 Å². The highest BCUT2D eigenvalue weighted by Gasteiger charge is 2.59. The Morgan fingerprint density at radius 1 is 0.887 bits per heavy atom. The molecular formula is C46H78O7. The molecule has 1 saturated heterocycles. The van der Waals surface area contributed by atoms with Crippen LogP contribution >= 0.6 is 0 Å². The predicted molar refractivity (Wildman–Crippen MR) is 212 cm³/mol. The number of unbranched alkanes of at least 4 members (excludes halogenated alkanes) is 6. The number of carbonyl (C=O) groups is 1. The standard InChI is InChI=1S/C46H78O7/c1-7-8-9-10-11-12-13-14-15-16-20-40(47)51-30-39-41(48)42(49)43(50)44(53-39)52-34-25-27-45(5)33(29-34)21-22-35-37-24-23-36(32(4)19-17-18-31(2)3)46(37,6)28-26-38(35)45/h9-10,21,31-32,34-39,41-44,48-50H,7-8,11-20,22-30H2,1-6H3/b10-9-. The van der Waals surface area contributed by atoms with Crippen molar-refractivity contribution in [3.05, 3.63) is 23.8 Å². The van der Waals surface area contributed by atoms with Crippen molar-refractivity contribution in [1.29, 1.82) is 0 Å². The Balaban J connectivity index is 1.08. The minimum atomic E-state index is -1.44. The summed E-state index contributed by atoms with van der Waals surface area (Å²) in [5.41, 5.74) is 2.14. The largest absolute Gasteiger partial charge is 0.463 e. The fraction of sp³-hybridized carbons (Fsp3) is 0.891. The van der Waals surface area contributed by atoms with Gasteiger partial charge in [-0.1, -0.05) is 110 Å². The van der Waals surface area contributed by atoms with Crippen molar-refractivity contribution in [3.63, 3.8) is 0 Å². The van der Waals surface area contributed by atoms with E-state index in [4.69, 9.17) is 14.2 Å². The van der Waals surface area contributed by atoms with E-state index < -0.39 is 30.7 Å². The van der Waals surface area contributed by atoms with Crippen LogP contribution in [0.5, 0.6) is 0 Å². The summed E-state index contributed by atoms with van der Waals surface area (Å²) in [5, 5.41) is 32.3. The summed E-state index contributed by atoms with van der Waals surface area (Å²) >= 11 is 0. The fourth-order valence-electron chi connectivity index (χ4n) is 11.8. The van der Waals surface area contributed by atoms with Crippen LogP contribution in [0.4, 0.5) is 0 Å². The molecule has 1 heterocycles. The molecule has 13 unspecified atom stereocenters. The van der Waals surface area contributed by atoms with Gasteiger partial charge in [0.2, 0.25) is 0 Å². The SMILES string of the molecule is CCC/C=C\CCCCCCCC(=O)OCC1OC(OC2CCC3(C)C(=CCC4C3CCC3(C)C(C(C)CCCC(C)C)CCC43)C2)C(O)C(O)C1O. The zero-order chi connectivity index (χ0) is 38.2. The van der Waals surface area contributed by atoms with Gasteiger partial charge in [-0.25, -0.2) is 0 Å². The van der Waals surface area contributed by atoms with Crippen molar-refractivity contribution in [2.75, 3.05) is 6.61 Å². The number of carbonyl (C=O) groups excluding carboxylic acids is 1. The smallest absolute Gasteiger partial charge is 0.305 e. The van der Waals surface area contributed by atoms with E-state index in [1.165, 1.54) is 63.4 Å². The zero-order valence-electron chi connectivity index (χ0n) is 34.5. The zero-order valence-corrected chi connectivity index (χ0v) is 34.5. The number of hydrogen-bond acceptors (Lipinski definition) is 7. The lowest BCUT2D eigenvalue weighted by Crippen LogP contribution is -2.60. The predicted octanol–water partition coefficient (Wildman–Crippen LogP) is 9.85. The van der Waals surface area contributed by atoms with Gasteiger partial charge in [0.05, 0.1) is 6.10 Å². The third kappa shape index (κ3) is 10.4. The Morgan fingerprint density at radius 3 is 2.42 bits per heavy atom. The number of allylic oxidation sites excluding steroid dienone is 3. The van der Waals surface area contributed by atoms with Crippen molar-refractivity contribution in [2.45, 2.75) is 207 Å². The summed E-state index contributed by atoms with van der Waals surface area (Å²) in [7, 11) is 0. The van der Waals surface area contributed by atoms with Crippen LogP contribution in [0, 0.1) is 46.3 Å². The Hall–Kier alpha value is -1.25. The molecule has 5 rings (SSSR count). The maximum Gasteiger partial charge on any atom is 0.305 e. The van der Waals surface area contributed by atoms with Crippen molar-refractivity contribution in [3.8, 4) is 0 Å². The average Bonchev–Trinajstić information content (AvgIpc) is 3.49. The molecule has 5 aliphatic rings. The van der Waals surface area contributed by atoms with Gasteiger partial charge in [0.1, 0.15) is 31.0 Å². The molecule has 13 atom stereocenters. The first-order valence-corrected chi connectivity index (χ1v) is 22.2. The van der Waals surface area contributed by atoms with Gasteiger partial charge in [0.15, 0.2) is 6.29 Å². The maximum absolute atomic E-state index is 12.5. The number of rotatable bonds is 19. The first kappa shape index (κ1) is 42.9. The Morgan fingerprint density at radius 2 is 1.64 bits per heavy atom. The lowest BCUT2D eigenvalue weighted by atomic mass is 9.47. The van der Waals surface area contributed by atoms with E-state index in [2.05, 4.69) is 59.8 Å². The quantitative estimate of drug-likeness (QED) is 0.0688. The third-order valence-corrected chi connectivity index (χ3v) is 15.0. The molecule has 4 aliphatic carbocycles. The van der Waals surface area contributed by atoms with Crippen molar-refractivity contribution < 1.29 is 34.3 Å². The van der Waals surface area contributed by atoms with Crippen LogP contribution in [0.2, 0.25) is 0 Å². The second-order valence-corrected chi connectivity index (χ2v) is 19.1. The number of hydrogen-bond donors (Lipinski definition) is 3. The fourth-order valence-corrected chi connectivity index (χ4v) is 11.8. The van der Waals surface area contributed by atoms with Crippen LogP contribution in [0.25, 0.3) is 0 Å². The summed E-state index contributed by atoms with van der Waals surface area (Å²) in [6, 6.07) is 0. The molecule has 3 saturated carbocycles. The molecule has 53 heavy (non-hydrogen) atoms. The molecule has 7 nitrogen and oxygen atoms in total. The van der Waals surface area contributed by atoms with E-state index >= 15 is 0 Å². The average molecular weight is 743 g/mol. The Labute approximate surface area is 323 Å². The highest BCUT2D eigenvalue weighted by atomic mass is 16.7. The number of aliphatic hydroxyl groups is 3. The monoisotopic (exact) mass is 743 g/mol. The van der Waals surface area contributed by atoms with Crippen LogP contribution in [0.1, 0.15) is 170 Å². The number of esters is 1. The van der Waals surface area contributed by atoms with Gasteiger partial charge in [-0.15, -0.1) is 0 Å². The summed E-state index contributed by atoms with van der Waals surface area (Å²) in [4.78, 5) is 12.5. The molecule has 0 aromatic carbocycles. The summed E-state index contributed by atoms with van der Waals surface area (Å²) in [5.74, 6) is 4.43. The van der Waals surface area contributed by atoms with Crippen molar-refractivity contribution >= 4 is 5.97 Å². The lowest BCUT2D eigenvalue weighted by molar-refractivity contribution is -0.313. The van der Waals surface area contributed by atoms with Gasteiger partial charge >= 0.3 is 5.97 Å². The van der Waals surface area contributed by atoms with Gasteiger partial charge in [0.25, 0.3) is 0 Å². The number of fused-ring (bicyclic) bond motifs is 5.